The van der Waals surface area contributed by atoms with E-state index in [0.29, 0.717) is 25.7 Å². The molecule has 0 aliphatic carbocycles. The van der Waals surface area contributed by atoms with E-state index in [0.717, 1.165) is 95.8 Å². The molecule has 2 unspecified atom stereocenters. The minimum absolute atomic E-state index is 0.109. The molecule has 0 aromatic rings. The van der Waals surface area contributed by atoms with E-state index >= 15 is 0 Å². The number of aliphatic hydroxyl groups is 1. The van der Waals surface area contributed by atoms with Gasteiger partial charge in [-0.1, -0.05) is 394 Å². The van der Waals surface area contributed by atoms with Gasteiger partial charge in [-0.25, -0.2) is 9.13 Å². The maximum atomic E-state index is 13.1. The van der Waals surface area contributed by atoms with Crippen LogP contribution in [0.2, 0.25) is 0 Å². The summed E-state index contributed by atoms with van der Waals surface area (Å²) in [7, 11) is -9.92. The van der Waals surface area contributed by atoms with Crippen LogP contribution in [0.4, 0.5) is 0 Å². The second-order valence-electron chi connectivity index (χ2n) is 30.3. The maximum absolute atomic E-state index is 13.1. The Kier molecular flexibility index (Phi) is 74.4. The first-order valence-electron chi connectivity index (χ1n) is 43.1. The molecule has 0 saturated heterocycles. The topological polar surface area (TPSA) is 237 Å². The summed E-state index contributed by atoms with van der Waals surface area (Å²) < 4.78 is 68.8. The molecule has 0 amide bonds. The lowest BCUT2D eigenvalue weighted by atomic mass is 10.0. The van der Waals surface area contributed by atoms with E-state index in [4.69, 9.17) is 37.0 Å². The third kappa shape index (κ3) is 76.3. The number of hydrogen-bond donors (Lipinski definition) is 3. The molecule has 0 fully saturated rings. The average Bonchev–Trinajstić information content (AvgIpc) is 0.910. The Hall–Kier alpha value is -1.94. The number of esters is 4. The van der Waals surface area contributed by atoms with Crippen LogP contribution in [0.5, 0.6) is 0 Å². The number of carbonyl (C=O) groups excluding carboxylic acids is 4. The second kappa shape index (κ2) is 75.9. The smallest absolute Gasteiger partial charge is 0.462 e. The molecule has 0 rings (SSSR count). The molecule has 19 heteroatoms. The fraction of sp³-hybridized carbons (Fsp3) is 0.952. The zero-order valence-corrected chi connectivity index (χ0v) is 68.5. The van der Waals surface area contributed by atoms with Gasteiger partial charge in [-0.05, 0) is 31.6 Å². The van der Waals surface area contributed by atoms with Crippen molar-refractivity contribution in [3.63, 3.8) is 0 Å². The summed E-state index contributed by atoms with van der Waals surface area (Å²) >= 11 is 0. The van der Waals surface area contributed by atoms with Gasteiger partial charge in [0.25, 0.3) is 0 Å². The summed E-state index contributed by atoms with van der Waals surface area (Å²) in [6, 6.07) is 0. The molecule has 5 atom stereocenters. The molecule has 0 spiro atoms. The van der Waals surface area contributed by atoms with Gasteiger partial charge < -0.3 is 33.8 Å². The fourth-order valence-electron chi connectivity index (χ4n) is 12.9. The van der Waals surface area contributed by atoms with Crippen molar-refractivity contribution in [3.8, 4) is 0 Å². The van der Waals surface area contributed by atoms with Crippen molar-refractivity contribution in [3.05, 3.63) is 0 Å². The van der Waals surface area contributed by atoms with Crippen molar-refractivity contribution in [1.82, 2.24) is 0 Å². The lowest BCUT2D eigenvalue weighted by Crippen LogP contribution is -2.30. The first-order valence-corrected chi connectivity index (χ1v) is 46.1. The highest BCUT2D eigenvalue weighted by atomic mass is 31.2. The highest BCUT2D eigenvalue weighted by molar-refractivity contribution is 7.47. The minimum Gasteiger partial charge on any atom is -0.462 e. The van der Waals surface area contributed by atoms with Crippen molar-refractivity contribution >= 4 is 39.5 Å². The van der Waals surface area contributed by atoms with Gasteiger partial charge in [0.1, 0.15) is 19.3 Å². The minimum atomic E-state index is -4.96. The standard InChI is InChI=1S/C83H162O17P2/c1-6-9-12-15-18-21-24-26-28-29-30-31-32-33-34-36-38-44-49-54-59-64-69-83(88)100-79(73-94-81(86)67-62-57-52-47-42-40-39-41-45-50-55-60-65-76(4)5)75-98-102(91,92)96-71-77(84)70-95-101(89,90)97-74-78(72-93-80(85)66-61-56-51-46-23-20-17-14-11-8-3)99-82(87)68-63-58-53-48-43-37-35-27-25-22-19-16-13-10-7-2/h76-79,84H,6-75H2,1-5H3,(H,89,90)(H,91,92)/t77-,78+,79+/m0/s1. The Morgan fingerprint density at radius 2 is 0.451 bits per heavy atom. The van der Waals surface area contributed by atoms with Gasteiger partial charge in [-0.2, -0.15) is 0 Å². The molecule has 0 heterocycles. The number of ether oxygens (including phenoxy) is 4. The van der Waals surface area contributed by atoms with Crippen LogP contribution in [0.25, 0.3) is 0 Å². The number of unbranched alkanes of at least 4 members (excludes halogenated alkanes) is 55. The molecule has 0 aliphatic rings. The van der Waals surface area contributed by atoms with Crippen molar-refractivity contribution in [1.29, 1.82) is 0 Å². The molecular weight excluding hydrogens is 1330 g/mol. The Morgan fingerprint density at radius 1 is 0.265 bits per heavy atom. The molecular formula is C83H162O17P2. The Bertz CT molecular complexity index is 1940. The lowest BCUT2D eigenvalue weighted by molar-refractivity contribution is -0.161. The zero-order chi connectivity index (χ0) is 74.8. The van der Waals surface area contributed by atoms with Crippen LogP contribution in [-0.4, -0.2) is 96.7 Å². The van der Waals surface area contributed by atoms with Crippen LogP contribution in [-0.2, 0) is 65.4 Å². The number of phosphoric acid groups is 2. The van der Waals surface area contributed by atoms with Crippen molar-refractivity contribution < 1.29 is 80.2 Å². The molecule has 0 aromatic carbocycles. The van der Waals surface area contributed by atoms with E-state index in [2.05, 4.69) is 34.6 Å². The molecule has 0 aliphatic heterocycles. The van der Waals surface area contributed by atoms with Crippen molar-refractivity contribution in [2.45, 2.75) is 464 Å². The Balaban J connectivity index is 5.21. The van der Waals surface area contributed by atoms with Gasteiger partial charge >= 0.3 is 39.5 Å². The maximum Gasteiger partial charge on any atom is 0.472 e. The molecule has 0 saturated carbocycles. The summed E-state index contributed by atoms with van der Waals surface area (Å²) in [5.41, 5.74) is 0. The van der Waals surface area contributed by atoms with E-state index in [1.807, 2.05) is 0 Å². The lowest BCUT2D eigenvalue weighted by Gasteiger charge is -2.21. The summed E-state index contributed by atoms with van der Waals surface area (Å²) in [5.74, 6) is -1.32. The van der Waals surface area contributed by atoms with Gasteiger partial charge in [0, 0.05) is 25.7 Å². The van der Waals surface area contributed by atoms with Gasteiger partial charge in [-0.3, -0.25) is 37.3 Å². The normalized spacial score (nSPS) is 13.8. The summed E-state index contributed by atoms with van der Waals surface area (Å²) in [6.07, 6.45) is 68.0. The van der Waals surface area contributed by atoms with Crippen molar-refractivity contribution in [2.75, 3.05) is 39.6 Å². The molecule has 0 radical (unpaired) electrons. The van der Waals surface area contributed by atoms with Gasteiger partial charge in [0.05, 0.1) is 26.4 Å². The monoisotopic (exact) mass is 1490 g/mol. The predicted molar refractivity (Wildman–Crippen MR) is 418 cm³/mol. The first kappa shape index (κ1) is 100. The first-order chi connectivity index (χ1) is 49.5. The summed E-state index contributed by atoms with van der Waals surface area (Å²) in [4.78, 5) is 73.1. The third-order valence-corrected chi connectivity index (χ3v) is 21.4. The number of rotatable bonds is 83. The van der Waals surface area contributed by atoms with E-state index in [1.54, 1.807) is 0 Å². The second-order valence-corrected chi connectivity index (χ2v) is 33.3. The van der Waals surface area contributed by atoms with Gasteiger partial charge in [-0.15, -0.1) is 0 Å². The quantitative estimate of drug-likeness (QED) is 0.0222. The zero-order valence-electron chi connectivity index (χ0n) is 66.8. The van der Waals surface area contributed by atoms with E-state index in [9.17, 15) is 43.2 Å². The number of carbonyl (C=O) groups is 4. The molecule has 3 N–H and O–H groups in total. The third-order valence-electron chi connectivity index (χ3n) is 19.5. The number of hydrogen-bond acceptors (Lipinski definition) is 15. The van der Waals surface area contributed by atoms with Gasteiger partial charge in [0.15, 0.2) is 12.2 Å². The number of phosphoric ester groups is 2. The van der Waals surface area contributed by atoms with Crippen LogP contribution in [0.1, 0.15) is 446 Å². The summed E-state index contributed by atoms with van der Waals surface area (Å²) in [6.45, 7) is 7.35. The summed E-state index contributed by atoms with van der Waals surface area (Å²) in [5, 5.41) is 10.7. The van der Waals surface area contributed by atoms with Crippen LogP contribution in [0.15, 0.2) is 0 Å². The SMILES string of the molecule is CCCCCCCCCCCCCCCCCCCCCCCCC(=O)O[C@H](COC(=O)CCCCCCCCCCCCCCC(C)C)COP(=O)(O)OC[C@@H](O)COP(=O)(O)OC[C@@H](COC(=O)CCCCCCCCCCCC)OC(=O)CCCCCCCCCCCCCCCCC. The van der Waals surface area contributed by atoms with Gasteiger partial charge in [0.2, 0.25) is 0 Å². The fourth-order valence-corrected chi connectivity index (χ4v) is 14.5. The van der Waals surface area contributed by atoms with E-state index in [-0.39, 0.29) is 25.7 Å². The molecule has 17 nitrogen and oxygen atoms in total. The molecule has 0 bridgehead atoms. The highest BCUT2D eigenvalue weighted by Gasteiger charge is 2.30. The van der Waals surface area contributed by atoms with E-state index < -0.39 is 97.5 Å². The largest absolute Gasteiger partial charge is 0.472 e. The number of aliphatic hydroxyl groups excluding tert-OH is 1. The van der Waals surface area contributed by atoms with E-state index in [1.165, 1.54) is 270 Å². The van der Waals surface area contributed by atoms with Crippen LogP contribution < -0.4 is 0 Å². The Labute approximate surface area is 626 Å². The Morgan fingerprint density at radius 3 is 0.667 bits per heavy atom. The van der Waals surface area contributed by atoms with Crippen molar-refractivity contribution in [2.24, 2.45) is 5.92 Å². The molecule has 606 valence electrons. The van der Waals surface area contributed by atoms with Crippen LogP contribution >= 0.6 is 15.6 Å². The van der Waals surface area contributed by atoms with Crippen LogP contribution in [0, 0.1) is 5.92 Å². The highest BCUT2D eigenvalue weighted by Crippen LogP contribution is 2.45. The predicted octanol–water partition coefficient (Wildman–Crippen LogP) is 25.2. The molecule has 0 aromatic heterocycles. The molecule has 102 heavy (non-hydrogen) atoms. The average molecular weight is 1490 g/mol. The van der Waals surface area contributed by atoms with Crippen LogP contribution in [0.3, 0.4) is 0 Å².